The average molecular weight is 532 g/mol. The van der Waals surface area contributed by atoms with Gasteiger partial charge in [-0.05, 0) is 44.7 Å². The van der Waals surface area contributed by atoms with Crippen LogP contribution in [-0.4, -0.2) is 89.1 Å². The summed E-state index contributed by atoms with van der Waals surface area (Å²) >= 11 is 0. The minimum Gasteiger partial charge on any atom is -0.447 e. The summed E-state index contributed by atoms with van der Waals surface area (Å²) in [5.41, 5.74) is -0.378. The molecule has 0 spiro atoms. The van der Waals surface area contributed by atoms with Gasteiger partial charge in [-0.1, -0.05) is 30.3 Å². The zero-order chi connectivity index (χ0) is 27.9. The Labute approximate surface area is 222 Å². The summed E-state index contributed by atoms with van der Waals surface area (Å²) in [6.07, 6.45) is -0.583. The normalized spacial score (nSPS) is 23.4. The van der Waals surface area contributed by atoms with E-state index in [0.717, 1.165) is 12.8 Å². The molecule has 0 saturated carbocycles. The molecule has 0 aromatic heterocycles. The van der Waals surface area contributed by atoms with E-state index in [1.54, 1.807) is 49.1 Å². The molecule has 2 fully saturated rings. The molecule has 1 aromatic rings. The monoisotopic (exact) mass is 532 g/mol. The van der Waals surface area contributed by atoms with Gasteiger partial charge in [0.15, 0.2) is 0 Å². The molecule has 0 unspecified atom stereocenters. The van der Waals surface area contributed by atoms with E-state index in [1.165, 1.54) is 11.0 Å². The Morgan fingerprint density at radius 3 is 2.50 bits per heavy atom. The van der Waals surface area contributed by atoms with Crippen LogP contribution in [0, 0.1) is 11.3 Å². The molecular formula is C26H35BF2N4O5. The van der Waals surface area contributed by atoms with Crippen LogP contribution in [0.25, 0.3) is 0 Å². The van der Waals surface area contributed by atoms with Gasteiger partial charge in [-0.15, -0.1) is 0 Å². The van der Waals surface area contributed by atoms with Crippen molar-refractivity contribution < 1.29 is 33.2 Å². The second-order valence-electron chi connectivity index (χ2n) is 10.3. The lowest BCUT2D eigenvalue weighted by molar-refractivity contribution is -0.131. The molecule has 0 radical (unpaired) electrons. The predicted octanol–water partition coefficient (Wildman–Crippen LogP) is 2.53. The lowest BCUT2D eigenvalue weighted by Gasteiger charge is -2.36. The van der Waals surface area contributed by atoms with Gasteiger partial charge in [0.05, 0.1) is 12.1 Å². The highest BCUT2D eigenvalue weighted by molar-refractivity contribution is 6.41. The average Bonchev–Trinajstić information content (AvgIpc) is 3.24. The van der Waals surface area contributed by atoms with Crippen molar-refractivity contribution in [1.29, 1.82) is 5.26 Å². The molecule has 9 nitrogen and oxygen atoms in total. The van der Waals surface area contributed by atoms with Crippen LogP contribution in [0.2, 0.25) is 6.32 Å². The zero-order valence-electron chi connectivity index (χ0n) is 21.7. The van der Waals surface area contributed by atoms with Crippen LogP contribution in [0.3, 0.4) is 0 Å². The molecule has 3 rings (SSSR count). The van der Waals surface area contributed by atoms with E-state index in [1.807, 2.05) is 6.07 Å². The number of alkyl carbamates (subject to hydrolysis) is 1. The number of ether oxygens (including phenoxy) is 1. The molecule has 38 heavy (non-hydrogen) atoms. The highest BCUT2D eigenvalue weighted by Gasteiger charge is 2.40. The van der Waals surface area contributed by atoms with Crippen molar-refractivity contribution in [2.24, 2.45) is 0 Å². The van der Waals surface area contributed by atoms with Crippen molar-refractivity contribution in [3.05, 3.63) is 47.5 Å². The van der Waals surface area contributed by atoms with Crippen LogP contribution in [0.15, 0.2) is 42.0 Å². The molecule has 2 saturated heterocycles. The predicted molar refractivity (Wildman–Crippen MR) is 137 cm³/mol. The van der Waals surface area contributed by atoms with Crippen LogP contribution < -0.4 is 5.32 Å². The number of likely N-dealkylation sites (tertiary alicyclic amines) is 2. The molecule has 0 aliphatic carbocycles. The summed E-state index contributed by atoms with van der Waals surface area (Å²) in [6, 6.07) is 9.61. The molecule has 206 valence electrons. The van der Waals surface area contributed by atoms with E-state index in [9.17, 15) is 33.7 Å². The fourth-order valence-corrected chi connectivity index (χ4v) is 4.91. The Hall–Kier alpha value is -3.01. The molecule has 1 aromatic carbocycles. The zero-order valence-corrected chi connectivity index (χ0v) is 21.7. The first-order valence-corrected chi connectivity index (χ1v) is 12.8. The Morgan fingerprint density at radius 2 is 1.89 bits per heavy atom. The van der Waals surface area contributed by atoms with Gasteiger partial charge in [0.1, 0.15) is 30.6 Å². The number of piperidine rings is 1. The number of hydrogen-bond acceptors (Lipinski definition) is 7. The number of amides is 2. The van der Waals surface area contributed by atoms with E-state index in [4.69, 9.17) is 4.74 Å². The van der Waals surface area contributed by atoms with E-state index < -0.39 is 49.1 Å². The molecule has 2 amide bonds. The van der Waals surface area contributed by atoms with E-state index in [0.29, 0.717) is 18.5 Å². The molecule has 2 aliphatic rings. The van der Waals surface area contributed by atoms with Gasteiger partial charge >= 0.3 is 13.2 Å². The van der Waals surface area contributed by atoms with Crippen LogP contribution >= 0.6 is 0 Å². The lowest BCUT2D eigenvalue weighted by Crippen LogP contribution is -2.48. The highest BCUT2D eigenvalue weighted by atomic mass is 19.2. The first-order valence-electron chi connectivity index (χ1n) is 12.8. The van der Waals surface area contributed by atoms with Crippen molar-refractivity contribution in [3.8, 4) is 6.07 Å². The van der Waals surface area contributed by atoms with Crippen LogP contribution in [0.1, 0.15) is 44.7 Å². The first kappa shape index (κ1) is 29.5. The van der Waals surface area contributed by atoms with Gasteiger partial charge in [-0.2, -0.15) is 5.26 Å². The number of halogens is 2. The smallest absolute Gasteiger partial charge is 0.447 e. The lowest BCUT2D eigenvalue weighted by atomic mass is 9.79. The number of alkyl halides is 2. The molecule has 3 N–H and O–H groups in total. The van der Waals surface area contributed by atoms with E-state index >= 15 is 0 Å². The number of hydrogen-bond donors (Lipinski definition) is 3. The van der Waals surface area contributed by atoms with Gasteiger partial charge < -0.3 is 25.0 Å². The number of nitrogens with one attached hydrogen (secondary N) is 1. The summed E-state index contributed by atoms with van der Waals surface area (Å²) < 4.78 is 32.9. The third kappa shape index (κ3) is 7.76. The Balaban J connectivity index is 1.65. The summed E-state index contributed by atoms with van der Waals surface area (Å²) in [6.45, 7) is 3.43. The standard InChI is InChI=1S/C26H35BF2N4O5/c1-26(2,32-15-21(28)22(29)16-32)12-19(14-30)24(34)33-11-7-6-10-20(33)17-38-25(35)31-23(13-27(36)37)18-8-4-3-5-9-18/h3-5,8-9,12,20-23,36-37H,6-7,10-11,13,15-17H2,1-2H3,(H,31,35)/t20-,21-,22+,23-/m1/s1. The van der Waals surface area contributed by atoms with Crippen molar-refractivity contribution in [1.82, 2.24) is 15.1 Å². The Kier molecular flexibility index (Phi) is 10.2. The third-order valence-corrected chi connectivity index (χ3v) is 7.08. The summed E-state index contributed by atoms with van der Waals surface area (Å²) in [5.74, 6) is -0.521. The maximum absolute atomic E-state index is 13.8. The molecule has 0 bridgehead atoms. The van der Waals surface area contributed by atoms with Crippen molar-refractivity contribution in [3.63, 3.8) is 0 Å². The molecule has 2 heterocycles. The fourth-order valence-electron chi connectivity index (χ4n) is 4.91. The number of carbonyl (C=O) groups excluding carboxylic acids is 2. The second kappa shape index (κ2) is 13.2. The van der Waals surface area contributed by atoms with Gasteiger partial charge in [0.25, 0.3) is 5.91 Å². The fraction of sp³-hybridized carbons (Fsp3) is 0.577. The largest absolute Gasteiger partial charge is 0.453 e. The minimum absolute atomic E-state index is 0.109. The van der Waals surface area contributed by atoms with E-state index in [2.05, 4.69) is 5.32 Å². The van der Waals surface area contributed by atoms with Gasteiger partial charge in [0, 0.05) is 31.5 Å². The second-order valence-corrected chi connectivity index (χ2v) is 10.3. The van der Waals surface area contributed by atoms with Crippen LogP contribution in [-0.2, 0) is 9.53 Å². The van der Waals surface area contributed by atoms with Crippen LogP contribution in [0.5, 0.6) is 0 Å². The quantitative estimate of drug-likeness (QED) is 0.254. The van der Waals surface area contributed by atoms with Crippen LogP contribution in [0.4, 0.5) is 13.6 Å². The third-order valence-electron chi connectivity index (χ3n) is 7.08. The first-order chi connectivity index (χ1) is 18.0. The van der Waals surface area contributed by atoms with Gasteiger partial charge in [-0.3, -0.25) is 9.69 Å². The number of benzene rings is 1. The molecule has 4 atom stereocenters. The SMILES string of the molecule is CC(C)(C=C(C#N)C(=O)N1CCCC[C@@H]1COC(=O)N[C@H](CB(O)O)c1ccccc1)N1C[C@@H](F)[C@@H](F)C1. The highest BCUT2D eigenvalue weighted by Crippen LogP contribution is 2.28. The number of nitrogens with zero attached hydrogens (tertiary/aromatic N) is 3. The molecular weight excluding hydrogens is 497 g/mol. The number of rotatable bonds is 9. The Bertz CT molecular complexity index is 1030. The van der Waals surface area contributed by atoms with Gasteiger partial charge in [0.2, 0.25) is 0 Å². The van der Waals surface area contributed by atoms with Crippen molar-refractivity contribution in [2.75, 3.05) is 26.2 Å². The topological polar surface area (TPSA) is 126 Å². The molecule has 2 aliphatic heterocycles. The van der Waals surface area contributed by atoms with E-state index in [-0.39, 0.29) is 31.6 Å². The summed E-state index contributed by atoms with van der Waals surface area (Å²) in [5, 5.41) is 31.2. The molecule has 12 heteroatoms. The van der Waals surface area contributed by atoms with Gasteiger partial charge in [-0.25, -0.2) is 13.6 Å². The minimum atomic E-state index is -1.64. The van der Waals surface area contributed by atoms with Crippen molar-refractivity contribution >= 4 is 19.1 Å². The summed E-state index contributed by atoms with van der Waals surface area (Å²) in [4.78, 5) is 29.0. The maximum atomic E-state index is 13.8. The Morgan fingerprint density at radius 1 is 1.24 bits per heavy atom. The van der Waals surface area contributed by atoms with Crippen molar-refractivity contribution in [2.45, 2.75) is 69.4 Å². The number of nitriles is 1. The maximum Gasteiger partial charge on any atom is 0.453 e. The summed E-state index contributed by atoms with van der Waals surface area (Å²) in [7, 11) is -1.64. The number of carbonyl (C=O) groups is 2.